The third kappa shape index (κ3) is 2.46. The van der Waals surface area contributed by atoms with Crippen molar-refractivity contribution in [2.24, 2.45) is 0 Å². The first-order valence-corrected chi connectivity index (χ1v) is 4.24. The Labute approximate surface area is 82.3 Å². The molecule has 0 radical (unpaired) electrons. The highest BCUT2D eigenvalue weighted by atomic mass is 79.9. The molecule has 0 aliphatic heterocycles. The Hall–Kier alpha value is -1.02. The fourth-order valence-electron chi connectivity index (χ4n) is 0.837. The predicted molar refractivity (Wildman–Crippen MR) is 46.2 cm³/mol. The Bertz CT molecular complexity index is 346. The second kappa shape index (κ2) is 4.28. The summed E-state index contributed by atoms with van der Waals surface area (Å²) in [6.07, 6.45) is -1.13. The third-order valence-corrected chi connectivity index (χ3v) is 2.05. The maximum atomic E-state index is 12.2. The van der Waals surface area contributed by atoms with Gasteiger partial charge in [0.2, 0.25) is 0 Å². The number of halogens is 3. The van der Waals surface area contributed by atoms with Gasteiger partial charge in [0.25, 0.3) is 6.43 Å². The molecule has 0 amide bonds. The summed E-state index contributed by atoms with van der Waals surface area (Å²) in [4.78, 5) is 3.55. The molecule has 0 aromatic carbocycles. The van der Waals surface area contributed by atoms with E-state index in [1.807, 2.05) is 6.07 Å². The topological polar surface area (TPSA) is 36.7 Å². The van der Waals surface area contributed by atoms with Crippen molar-refractivity contribution >= 4 is 15.9 Å². The van der Waals surface area contributed by atoms with Crippen molar-refractivity contribution < 1.29 is 8.78 Å². The van der Waals surface area contributed by atoms with E-state index in [2.05, 4.69) is 20.9 Å². The zero-order chi connectivity index (χ0) is 9.84. The van der Waals surface area contributed by atoms with Crippen LogP contribution >= 0.6 is 15.9 Å². The van der Waals surface area contributed by atoms with Gasteiger partial charge in [-0.15, -0.1) is 0 Å². The minimum atomic E-state index is -2.59. The summed E-state index contributed by atoms with van der Waals surface area (Å²) in [7, 11) is 0. The molecule has 0 saturated heterocycles. The van der Waals surface area contributed by atoms with Crippen LogP contribution in [0.3, 0.4) is 0 Å². The molecule has 0 atom stereocenters. The van der Waals surface area contributed by atoms with Crippen LogP contribution in [0.4, 0.5) is 8.78 Å². The molecule has 13 heavy (non-hydrogen) atoms. The lowest BCUT2D eigenvalue weighted by Crippen LogP contribution is -1.94. The summed E-state index contributed by atoms with van der Waals surface area (Å²) in [6.45, 7) is 0. The number of pyridine rings is 1. The molecule has 0 aliphatic rings. The monoisotopic (exact) mass is 246 g/mol. The average molecular weight is 247 g/mol. The van der Waals surface area contributed by atoms with Gasteiger partial charge in [-0.2, -0.15) is 5.26 Å². The number of hydrogen-bond donors (Lipinski definition) is 0. The second-order valence-electron chi connectivity index (χ2n) is 2.35. The molecule has 0 fully saturated rings. The smallest absolute Gasteiger partial charge is 0.254 e. The van der Waals surface area contributed by atoms with Crippen LogP contribution in [0.1, 0.15) is 17.7 Å². The molecule has 1 aromatic heterocycles. The Morgan fingerprint density at radius 3 is 2.77 bits per heavy atom. The van der Waals surface area contributed by atoms with Gasteiger partial charge < -0.3 is 0 Å². The summed E-state index contributed by atoms with van der Waals surface area (Å²) in [5.74, 6) is 0. The van der Waals surface area contributed by atoms with E-state index in [1.54, 1.807) is 0 Å². The molecular formula is C8H5BrF2N2. The van der Waals surface area contributed by atoms with Crippen molar-refractivity contribution in [1.29, 1.82) is 5.26 Å². The van der Waals surface area contributed by atoms with Crippen molar-refractivity contribution in [3.63, 3.8) is 0 Å². The Morgan fingerprint density at radius 2 is 2.31 bits per heavy atom. The fraction of sp³-hybridized carbons (Fsp3) is 0.250. The van der Waals surface area contributed by atoms with Gasteiger partial charge in [0.1, 0.15) is 5.69 Å². The lowest BCUT2D eigenvalue weighted by Gasteiger charge is -2.02. The number of aromatic nitrogens is 1. The van der Waals surface area contributed by atoms with Gasteiger partial charge in [0, 0.05) is 10.7 Å². The highest BCUT2D eigenvalue weighted by Crippen LogP contribution is 2.25. The molecule has 0 N–H and O–H groups in total. The van der Waals surface area contributed by atoms with Gasteiger partial charge >= 0.3 is 0 Å². The lowest BCUT2D eigenvalue weighted by molar-refractivity contribution is 0.145. The van der Waals surface area contributed by atoms with Gasteiger partial charge in [-0.05, 0) is 27.6 Å². The molecule has 0 aliphatic carbocycles. The average Bonchev–Trinajstić information content (AvgIpc) is 2.04. The highest BCUT2D eigenvalue weighted by molar-refractivity contribution is 9.10. The standard InChI is InChI=1S/C8H5BrF2N2/c9-6-3-5(1-2-12)4-13-7(6)8(10)11/h3-4,8H,1H2. The van der Waals surface area contributed by atoms with Crippen LogP contribution in [-0.4, -0.2) is 4.98 Å². The largest absolute Gasteiger partial charge is 0.281 e. The van der Waals surface area contributed by atoms with Crippen LogP contribution in [-0.2, 0) is 6.42 Å². The van der Waals surface area contributed by atoms with E-state index in [9.17, 15) is 8.78 Å². The maximum Gasteiger partial charge on any atom is 0.281 e. The Morgan fingerprint density at radius 1 is 1.62 bits per heavy atom. The summed E-state index contributed by atoms with van der Waals surface area (Å²) in [5, 5.41) is 8.35. The quantitative estimate of drug-likeness (QED) is 0.805. The first-order valence-electron chi connectivity index (χ1n) is 3.44. The summed E-state index contributed by atoms with van der Waals surface area (Å²) >= 11 is 2.97. The fourth-order valence-corrected chi connectivity index (χ4v) is 1.41. The minimum Gasteiger partial charge on any atom is -0.254 e. The summed E-state index contributed by atoms with van der Waals surface area (Å²) in [6, 6.07) is 3.40. The first kappa shape index (κ1) is 10.1. The van der Waals surface area contributed by atoms with Crippen LogP contribution in [0, 0.1) is 11.3 Å². The number of nitriles is 1. The molecule has 68 valence electrons. The van der Waals surface area contributed by atoms with Crippen molar-refractivity contribution in [3.05, 3.63) is 28.0 Å². The van der Waals surface area contributed by atoms with Gasteiger partial charge in [0.15, 0.2) is 0 Å². The van der Waals surface area contributed by atoms with Crippen molar-refractivity contribution in [2.45, 2.75) is 12.8 Å². The molecule has 1 rings (SSSR count). The molecule has 1 aromatic rings. The van der Waals surface area contributed by atoms with E-state index < -0.39 is 6.43 Å². The minimum absolute atomic E-state index is 0.176. The van der Waals surface area contributed by atoms with Crippen LogP contribution < -0.4 is 0 Å². The van der Waals surface area contributed by atoms with Crippen LogP contribution in [0.15, 0.2) is 16.7 Å². The molecule has 0 saturated carbocycles. The molecule has 0 unspecified atom stereocenters. The highest BCUT2D eigenvalue weighted by Gasteiger charge is 2.13. The normalized spacial score (nSPS) is 10.1. The van der Waals surface area contributed by atoms with E-state index in [-0.39, 0.29) is 16.6 Å². The third-order valence-electron chi connectivity index (χ3n) is 1.42. The second-order valence-corrected chi connectivity index (χ2v) is 3.20. The van der Waals surface area contributed by atoms with Gasteiger partial charge in [-0.1, -0.05) is 0 Å². The van der Waals surface area contributed by atoms with E-state index in [0.29, 0.717) is 5.56 Å². The van der Waals surface area contributed by atoms with Crippen molar-refractivity contribution in [2.75, 3.05) is 0 Å². The zero-order valence-corrected chi connectivity index (χ0v) is 8.05. The van der Waals surface area contributed by atoms with Crippen LogP contribution in [0.2, 0.25) is 0 Å². The number of rotatable bonds is 2. The predicted octanol–water partition coefficient (Wildman–Crippen LogP) is 2.85. The lowest BCUT2D eigenvalue weighted by atomic mass is 10.2. The molecule has 5 heteroatoms. The van der Waals surface area contributed by atoms with E-state index in [4.69, 9.17) is 5.26 Å². The molecule has 2 nitrogen and oxygen atoms in total. The summed E-state index contributed by atoms with van der Waals surface area (Å²) in [5.41, 5.74) is 0.334. The van der Waals surface area contributed by atoms with E-state index in [1.165, 1.54) is 12.3 Å². The Balaban J connectivity index is 3.00. The van der Waals surface area contributed by atoms with Gasteiger partial charge in [-0.25, -0.2) is 8.78 Å². The summed E-state index contributed by atoms with van der Waals surface area (Å²) < 4.78 is 24.6. The van der Waals surface area contributed by atoms with E-state index >= 15 is 0 Å². The first-order chi connectivity index (χ1) is 6.15. The van der Waals surface area contributed by atoms with Gasteiger partial charge in [0.05, 0.1) is 12.5 Å². The van der Waals surface area contributed by atoms with Crippen molar-refractivity contribution in [3.8, 4) is 6.07 Å². The number of alkyl halides is 2. The van der Waals surface area contributed by atoms with E-state index in [0.717, 1.165) is 0 Å². The SMILES string of the molecule is N#CCc1cnc(C(F)F)c(Br)c1. The molecule has 1 heterocycles. The van der Waals surface area contributed by atoms with Gasteiger partial charge in [-0.3, -0.25) is 4.98 Å². The molecular weight excluding hydrogens is 242 g/mol. The molecule has 0 bridgehead atoms. The zero-order valence-electron chi connectivity index (χ0n) is 6.47. The maximum absolute atomic E-state index is 12.2. The van der Waals surface area contributed by atoms with Crippen molar-refractivity contribution in [1.82, 2.24) is 4.98 Å². The van der Waals surface area contributed by atoms with Crippen LogP contribution in [0.5, 0.6) is 0 Å². The molecule has 0 spiro atoms. The van der Waals surface area contributed by atoms with Crippen LogP contribution in [0.25, 0.3) is 0 Å². The number of hydrogen-bond acceptors (Lipinski definition) is 2. The Kier molecular flexibility index (Phi) is 3.32. The number of nitrogens with zero attached hydrogens (tertiary/aromatic N) is 2.